The Morgan fingerprint density at radius 2 is 1.86 bits per heavy atom. The second kappa shape index (κ2) is 5.09. The molecule has 0 aromatic heterocycles. The molecule has 7 heteroatoms. The molecule has 4 nitrogen and oxygen atoms in total. The molecule has 0 heterocycles. The van der Waals surface area contributed by atoms with E-state index in [0.29, 0.717) is 10.4 Å². The fourth-order valence-electron chi connectivity index (χ4n) is 0.723. The summed E-state index contributed by atoms with van der Waals surface area (Å²) in [6.07, 6.45) is 0. The van der Waals surface area contributed by atoms with Crippen LogP contribution in [0.15, 0.2) is 29.2 Å². The summed E-state index contributed by atoms with van der Waals surface area (Å²) < 4.78 is 15.5. The molecule has 14 heavy (non-hydrogen) atoms. The summed E-state index contributed by atoms with van der Waals surface area (Å²) in [6.45, 7) is -4.00. The number of hydrogen-bond donors (Lipinski definition) is 2. The summed E-state index contributed by atoms with van der Waals surface area (Å²) in [7, 11) is 3.15. The van der Waals surface area contributed by atoms with Crippen molar-refractivity contribution in [1.29, 1.82) is 0 Å². The molecule has 0 aliphatic carbocycles. The van der Waals surface area contributed by atoms with E-state index < -0.39 is 6.80 Å². The minimum absolute atomic E-state index is 0.543. The highest BCUT2D eigenvalue weighted by atomic mass is 33.3. The van der Waals surface area contributed by atoms with Gasteiger partial charge in [-0.3, -0.25) is 0 Å². The van der Waals surface area contributed by atoms with Crippen LogP contribution in [0.3, 0.4) is 0 Å². The summed E-state index contributed by atoms with van der Waals surface area (Å²) >= 11 is 0. The largest absolute Gasteiger partial charge is 0.497 e. The number of ether oxygens (including phenoxy) is 1. The first-order valence-corrected chi connectivity index (χ1v) is 7.94. The minimum Gasteiger partial charge on any atom is -0.497 e. The number of hydrogen-bond acceptors (Lipinski definition) is 4. The lowest BCUT2D eigenvalue weighted by atomic mass is 10.3. The highest BCUT2D eigenvalue weighted by molar-refractivity contribution is 8.98. The maximum atomic E-state index is 10.5. The topological polar surface area (TPSA) is 66.8 Å². The third kappa shape index (κ3) is 4.39. The monoisotopic (exact) mass is 252 g/mol. The van der Waals surface area contributed by atoms with E-state index in [1.807, 2.05) is 0 Å². The molecule has 0 aliphatic rings. The van der Waals surface area contributed by atoms with Crippen LogP contribution in [-0.4, -0.2) is 16.9 Å². The van der Waals surface area contributed by atoms with Crippen LogP contribution < -0.4 is 4.74 Å². The Bertz CT molecular complexity index is 334. The van der Waals surface area contributed by atoms with Gasteiger partial charge in [0.15, 0.2) is 0 Å². The fourth-order valence-corrected chi connectivity index (χ4v) is 3.68. The maximum absolute atomic E-state index is 10.5. The minimum atomic E-state index is -4.00. The van der Waals surface area contributed by atoms with Crippen molar-refractivity contribution in [1.82, 2.24) is 0 Å². The quantitative estimate of drug-likeness (QED) is 0.634. The molecule has 0 aliphatic heterocycles. The predicted molar refractivity (Wildman–Crippen MR) is 58.5 cm³/mol. The molecule has 0 amide bonds. The summed E-state index contributed by atoms with van der Waals surface area (Å²) in [4.78, 5) is 18.0. The van der Waals surface area contributed by atoms with E-state index in [2.05, 4.69) is 0 Å². The van der Waals surface area contributed by atoms with E-state index >= 15 is 0 Å². The predicted octanol–water partition coefficient (Wildman–Crippen LogP) is 2.53. The zero-order valence-electron chi connectivity index (χ0n) is 7.28. The van der Waals surface area contributed by atoms with Crippen LogP contribution in [0.4, 0.5) is 0 Å². The van der Waals surface area contributed by atoms with Crippen molar-refractivity contribution in [3.05, 3.63) is 24.3 Å². The lowest BCUT2D eigenvalue weighted by Gasteiger charge is -2.03. The Hall–Kier alpha value is -0.130. The fraction of sp³-hybridized carbons (Fsp3) is 0.143. The van der Waals surface area contributed by atoms with E-state index in [1.165, 1.54) is 0 Å². The summed E-state index contributed by atoms with van der Waals surface area (Å²) in [5.41, 5.74) is 0. The standard InChI is InChI=1S/C7H9O4PS2/c1-11-6-2-4-7(5-3-6)13-14-12(8,9)10/h2-5H,1H3,(H2,8,9,10). The first-order valence-electron chi connectivity index (χ1n) is 3.57. The van der Waals surface area contributed by atoms with Crippen molar-refractivity contribution in [2.45, 2.75) is 4.90 Å². The normalized spacial score (nSPS) is 11.4. The number of benzene rings is 1. The van der Waals surface area contributed by atoms with Crippen molar-refractivity contribution in [2.24, 2.45) is 0 Å². The third-order valence-corrected chi connectivity index (χ3v) is 5.83. The van der Waals surface area contributed by atoms with E-state index in [-0.39, 0.29) is 0 Å². The number of rotatable bonds is 4. The Morgan fingerprint density at radius 3 is 2.29 bits per heavy atom. The summed E-state index contributed by atoms with van der Waals surface area (Å²) in [5, 5.41) is 0. The molecule has 0 fully saturated rings. The van der Waals surface area contributed by atoms with E-state index in [0.717, 1.165) is 21.4 Å². The van der Waals surface area contributed by atoms with Crippen molar-refractivity contribution < 1.29 is 19.1 Å². The molecule has 78 valence electrons. The van der Waals surface area contributed by atoms with Gasteiger partial charge in [-0.2, -0.15) is 0 Å². The van der Waals surface area contributed by atoms with Gasteiger partial charge in [0.05, 0.1) is 7.11 Å². The molecule has 1 aromatic rings. The molecule has 0 saturated carbocycles. The van der Waals surface area contributed by atoms with Crippen LogP contribution in [0.25, 0.3) is 0 Å². The van der Waals surface area contributed by atoms with Crippen molar-refractivity contribution in [3.63, 3.8) is 0 Å². The van der Waals surface area contributed by atoms with Crippen molar-refractivity contribution >= 4 is 28.0 Å². The smallest absolute Gasteiger partial charge is 0.394 e. The molecule has 2 N–H and O–H groups in total. The Morgan fingerprint density at radius 1 is 1.29 bits per heavy atom. The molecule has 0 atom stereocenters. The molecule has 0 bridgehead atoms. The van der Waals surface area contributed by atoms with Crippen molar-refractivity contribution in [3.8, 4) is 5.75 Å². The molecule has 0 radical (unpaired) electrons. The summed E-state index contributed by atoms with van der Waals surface area (Å²) in [6, 6.07) is 6.96. The molecule has 0 unspecified atom stereocenters. The molecule has 0 saturated heterocycles. The zero-order chi connectivity index (χ0) is 10.6. The zero-order valence-corrected chi connectivity index (χ0v) is 9.81. The van der Waals surface area contributed by atoms with Crippen LogP contribution in [0.1, 0.15) is 0 Å². The van der Waals surface area contributed by atoms with E-state index in [4.69, 9.17) is 14.5 Å². The average molecular weight is 252 g/mol. The van der Waals surface area contributed by atoms with Gasteiger partial charge < -0.3 is 14.5 Å². The van der Waals surface area contributed by atoms with Gasteiger partial charge in [-0.05, 0) is 35.1 Å². The second-order valence-corrected chi connectivity index (χ2v) is 7.81. The maximum Gasteiger partial charge on any atom is 0.394 e. The van der Waals surface area contributed by atoms with Gasteiger partial charge in [-0.1, -0.05) is 0 Å². The van der Waals surface area contributed by atoms with Gasteiger partial charge in [0.1, 0.15) is 5.75 Å². The Labute approximate surface area is 89.4 Å². The number of methoxy groups -OCH3 is 1. The molecule has 1 rings (SSSR count). The van der Waals surface area contributed by atoms with Gasteiger partial charge in [-0.15, -0.1) is 0 Å². The average Bonchev–Trinajstić information content (AvgIpc) is 2.14. The lowest BCUT2D eigenvalue weighted by Crippen LogP contribution is -1.80. The highest BCUT2D eigenvalue weighted by Crippen LogP contribution is 2.58. The van der Waals surface area contributed by atoms with Gasteiger partial charge in [0, 0.05) is 15.3 Å². The first-order chi connectivity index (χ1) is 6.51. The first kappa shape index (κ1) is 11.9. The van der Waals surface area contributed by atoms with Crippen LogP contribution in [-0.2, 0) is 4.57 Å². The van der Waals surface area contributed by atoms with Crippen LogP contribution in [0.5, 0.6) is 5.75 Å². The Balaban J connectivity index is 2.56. The third-order valence-electron chi connectivity index (χ3n) is 1.29. The van der Waals surface area contributed by atoms with E-state index in [1.54, 1.807) is 31.4 Å². The molecular formula is C7H9O4PS2. The van der Waals surface area contributed by atoms with Gasteiger partial charge >= 0.3 is 6.80 Å². The second-order valence-electron chi connectivity index (χ2n) is 2.32. The van der Waals surface area contributed by atoms with Crippen molar-refractivity contribution in [2.75, 3.05) is 7.11 Å². The van der Waals surface area contributed by atoms with Gasteiger partial charge in [0.2, 0.25) is 0 Å². The SMILES string of the molecule is COc1ccc(SSP(=O)(O)O)cc1. The Kier molecular flexibility index (Phi) is 4.34. The summed E-state index contributed by atoms with van der Waals surface area (Å²) in [5.74, 6) is 0.718. The molecule has 0 spiro atoms. The highest BCUT2D eigenvalue weighted by Gasteiger charge is 2.14. The van der Waals surface area contributed by atoms with Crippen LogP contribution in [0, 0.1) is 0 Å². The van der Waals surface area contributed by atoms with Crippen LogP contribution >= 0.6 is 28.0 Å². The van der Waals surface area contributed by atoms with E-state index in [9.17, 15) is 4.57 Å². The van der Waals surface area contributed by atoms with Crippen LogP contribution in [0.2, 0.25) is 0 Å². The molecule has 1 aromatic carbocycles. The van der Waals surface area contributed by atoms with Gasteiger partial charge in [-0.25, -0.2) is 4.57 Å². The lowest BCUT2D eigenvalue weighted by molar-refractivity contribution is 0.397. The molecular weight excluding hydrogens is 243 g/mol. The van der Waals surface area contributed by atoms with Gasteiger partial charge in [0.25, 0.3) is 0 Å².